The summed E-state index contributed by atoms with van der Waals surface area (Å²) in [5, 5.41) is 5.82. The predicted molar refractivity (Wildman–Crippen MR) is 66.4 cm³/mol. The lowest BCUT2D eigenvalue weighted by Gasteiger charge is -2.09. The molecule has 88 valence electrons. The van der Waals surface area contributed by atoms with Gasteiger partial charge in [0, 0.05) is 24.0 Å². The second kappa shape index (κ2) is 6.40. The SMILES string of the molecule is C=CCC(N)C(=O)NCCc1nc(C)cs1. The van der Waals surface area contributed by atoms with E-state index in [-0.39, 0.29) is 5.91 Å². The molecule has 0 aliphatic rings. The lowest BCUT2D eigenvalue weighted by Crippen LogP contribution is -2.40. The minimum atomic E-state index is -0.490. The number of aromatic nitrogens is 1. The van der Waals surface area contributed by atoms with Gasteiger partial charge in [0.15, 0.2) is 0 Å². The Bertz CT molecular complexity index is 362. The Kier molecular flexibility index (Phi) is 5.14. The van der Waals surface area contributed by atoms with Crippen molar-refractivity contribution in [1.82, 2.24) is 10.3 Å². The number of carbonyl (C=O) groups is 1. The van der Waals surface area contributed by atoms with Crippen molar-refractivity contribution in [3.8, 4) is 0 Å². The first-order chi connectivity index (χ1) is 7.63. The normalized spacial score (nSPS) is 12.1. The van der Waals surface area contributed by atoms with Crippen LogP contribution in [0.3, 0.4) is 0 Å². The number of nitrogens with zero attached hydrogens (tertiary/aromatic N) is 1. The van der Waals surface area contributed by atoms with E-state index in [0.29, 0.717) is 13.0 Å². The van der Waals surface area contributed by atoms with Crippen LogP contribution in [0.1, 0.15) is 17.1 Å². The Morgan fingerprint density at radius 1 is 1.81 bits per heavy atom. The van der Waals surface area contributed by atoms with Crippen molar-refractivity contribution in [1.29, 1.82) is 0 Å². The van der Waals surface area contributed by atoms with E-state index in [1.54, 1.807) is 17.4 Å². The Morgan fingerprint density at radius 3 is 3.12 bits per heavy atom. The van der Waals surface area contributed by atoms with Crippen molar-refractivity contribution < 1.29 is 4.79 Å². The molecule has 0 bridgehead atoms. The molecule has 5 heteroatoms. The van der Waals surface area contributed by atoms with Gasteiger partial charge in [0.2, 0.25) is 5.91 Å². The molecule has 1 rings (SSSR count). The lowest BCUT2D eigenvalue weighted by molar-refractivity contribution is -0.122. The molecule has 1 heterocycles. The zero-order valence-corrected chi connectivity index (χ0v) is 10.2. The smallest absolute Gasteiger partial charge is 0.237 e. The topological polar surface area (TPSA) is 68.0 Å². The second-order valence-corrected chi connectivity index (χ2v) is 4.50. The number of aryl methyl sites for hydroxylation is 1. The van der Waals surface area contributed by atoms with Crippen LogP contribution in [0.5, 0.6) is 0 Å². The molecule has 0 spiro atoms. The summed E-state index contributed by atoms with van der Waals surface area (Å²) in [6, 6.07) is -0.490. The molecule has 3 N–H and O–H groups in total. The first kappa shape index (κ1) is 12.9. The fraction of sp³-hybridized carbons (Fsp3) is 0.455. The van der Waals surface area contributed by atoms with Crippen LogP contribution in [0.15, 0.2) is 18.0 Å². The quantitative estimate of drug-likeness (QED) is 0.728. The summed E-state index contributed by atoms with van der Waals surface area (Å²) in [6.07, 6.45) is 2.90. The van der Waals surface area contributed by atoms with E-state index >= 15 is 0 Å². The van der Waals surface area contributed by atoms with Gasteiger partial charge in [0.1, 0.15) is 0 Å². The van der Waals surface area contributed by atoms with E-state index in [2.05, 4.69) is 16.9 Å². The average Bonchev–Trinajstić information content (AvgIpc) is 2.64. The monoisotopic (exact) mass is 239 g/mol. The molecule has 0 saturated heterocycles. The Labute approximate surface area is 99.6 Å². The third-order valence-electron chi connectivity index (χ3n) is 2.06. The van der Waals surface area contributed by atoms with Crippen LogP contribution < -0.4 is 11.1 Å². The molecular weight excluding hydrogens is 222 g/mol. The van der Waals surface area contributed by atoms with E-state index in [0.717, 1.165) is 17.1 Å². The third-order valence-corrected chi connectivity index (χ3v) is 3.09. The van der Waals surface area contributed by atoms with E-state index < -0.39 is 6.04 Å². The molecule has 1 amide bonds. The average molecular weight is 239 g/mol. The van der Waals surface area contributed by atoms with Gasteiger partial charge in [0.05, 0.1) is 11.0 Å². The first-order valence-electron chi connectivity index (χ1n) is 5.18. The van der Waals surface area contributed by atoms with Gasteiger partial charge in [-0.25, -0.2) is 4.98 Å². The highest BCUT2D eigenvalue weighted by atomic mass is 32.1. The van der Waals surface area contributed by atoms with Gasteiger partial charge in [-0.05, 0) is 13.3 Å². The predicted octanol–water partition coefficient (Wildman–Crippen LogP) is 1.01. The van der Waals surface area contributed by atoms with Crippen molar-refractivity contribution in [3.05, 3.63) is 28.7 Å². The third kappa shape index (κ3) is 4.12. The first-order valence-corrected chi connectivity index (χ1v) is 6.06. The van der Waals surface area contributed by atoms with E-state index in [9.17, 15) is 4.79 Å². The molecule has 1 atom stereocenters. The van der Waals surface area contributed by atoms with Crippen molar-refractivity contribution in [3.63, 3.8) is 0 Å². The highest BCUT2D eigenvalue weighted by Crippen LogP contribution is 2.08. The van der Waals surface area contributed by atoms with Crippen molar-refractivity contribution >= 4 is 17.2 Å². The summed E-state index contributed by atoms with van der Waals surface area (Å²) in [5.41, 5.74) is 6.64. The minimum absolute atomic E-state index is 0.131. The summed E-state index contributed by atoms with van der Waals surface area (Å²) < 4.78 is 0. The molecule has 0 fully saturated rings. The number of hydrogen-bond donors (Lipinski definition) is 2. The van der Waals surface area contributed by atoms with Gasteiger partial charge in [-0.3, -0.25) is 4.79 Å². The highest BCUT2D eigenvalue weighted by Gasteiger charge is 2.10. The summed E-state index contributed by atoms with van der Waals surface area (Å²) in [4.78, 5) is 15.7. The van der Waals surface area contributed by atoms with Crippen LogP contribution in [-0.4, -0.2) is 23.5 Å². The zero-order chi connectivity index (χ0) is 12.0. The fourth-order valence-corrected chi connectivity index (χ4v) is 2.00. The Hall–Kier alpha value is -1.20. The summed E-state index contributed by atoms with van der Waals surface area (Å²) in [5.74, 6) is -0.131. The summed E-state index contributed by atoms with van der Waals surface area (Å²) >= 11 is 1.61. The number of amides is 1. The molecular formula is C11H17N3OS. The van der Waals surface area contributed by atoms with Gasteiger partial charge < -0.3 is 11.1 Å². The number of nitrogens with one attached hydrogen (secondary N) is 1. The molecule has 16 heavy (non-hydrogen) atoms. The summed E-state index contributed by atoms with van der Waals surface area (Å²) in [7, 11) is 0. The zero-order valence-electron chi connectivity index (χ0n) is 9.40. The van der Waals surface area contributed by atoms with Gasteiger partial charge in [0.25, 0.3) is 0 Å². The molecule has 0 radical (unpaired) electrons. The van der Waals surface area contributed by atoms with Gasteiger partial charge >= 0.3 is 0 Å². The van der Waals surface area contributed by atoms with Crippen molar-refractivity contribution in [2.24, 2.45) is 5.73 Å². The number of rotatable bonds is 6. The van der Waals surface area contributed by atoms with Crippen molar-refractivity contribution in [2.45, 2.75) is 25.8 Å². The van der Waals surface area contributed by atoms with E-state index in [1.807, 2.05) is 12.3 Å². The maximum absolute atomic E-state index is 11.4. The second-order valence-electron chi connectivity index (χ2n) is 3.55. The minimum Gasteiger partial charge on any atom is -0.354 e. The largest absolute Gasteiger partial charge is 0.354 e. The number of thiazole rings is 1. The molecule has 0 aromatic carbocycles. The van der Waals surface area contributed by atoms with Crippen molar-refractivity contribution in [2.75, 3.05) is 6.54 Å². The van der Waals surface area contributed by atoms with Crippen LogP contribution in [0, 0.1) is 6.92 Å². The standard InChI is InChI=1S/C11H17N3OS/c1-3-4-9(12)11(15)13-6-5-10-14-8(2)7-16-10/h3,7,9H,1,4-6,12H2,2H3,(H,13,15). The number of hydrogen-bond acceptors (Lipinski definition) is 4. The lowest BCUT2D eigenvalue weighted by atomic mass is 10.2. The molecule has 1 aromatic rings. The summed E-state index contributed by atoms with van der Waals surface area (Å²) in [6.45, 7) is 6.08. The molecule has 0 aliphatic carbocycles. The van der Waals surface area contributed by atoms with Crippen LogP contribution >= 0.6 is 11.3 Å². The van der Waals surface area contributed by atoms with Crippen LogP contribution in [-0.2, 0) is 11.2 Å². The maximum atomic E-state index is 11.4. The molecule has 0 saturated carbocycles. The van der Waals surface area contributed by atoms with E-state index in [4.69, 9.17) is 5.73 Å². The van der Waals surface area contributed by atoms with E-state index in [1.165, 1.54) is 0 Å². The van der Waals surface area contributed by atoms with Gasteiger partial charge in [-0.2, -0.15) is 0 Å². The maximum Gasteiger partial charge on any atom is 0.237 e. The fourth-order valence-electron chi connectivity index (χ4n) is 1.23. The number of nitrogens with two attached hydrogens (primary N) is 1. The Balaban J connectivity index is 2.25. The Morgan fingerprint density at radius 2 is 2.56 bits per heavy atom. The molecule has 1 aromatic heterocycles. The molecule has 0 aliphatic heterocycles. The highest BCUT2D eigenvalue weighted by molar-refractivity contribution is 7.09. The van der Waals surface area contributed by atoms with Gasteiger partial charge in [-0.15, -0.1) is 17.9 Å². The molecule has 4 nitrogen and oxygen atoms in total. The van der Waals surface area contributed by atoms with Crippen LogP contribution in [0.25, 0.3) is 0 Å². The van der Waals surface area contributed by atoms with Crippen LogP contribution in [0.2, 0.25) is 0 Å². The molecule has 1 unspecified atom stereocenters. The number of carbonyl (C=O) groups excluding carboxylic acids is 1. The van der Waals surface area contributed by atoms with Crippen LogP contribution in [0.4, 0.5) is 0 Å². The van der Waals surface area contributed by atoms with Gasteiger partial charge in [-0.1, -0.05) is 6.08 Å².